The Kier molecular flexibility index (Phi) is 1.81. The summed E-state index contributed by atoms with van der Waals surface area (Å²) in [5.74, 6) is 0.860. The fourth-order valence-electron chi connectivity index (χ4n) is 1.84. The van der Waals surface area contributed by atoms with E-state index in [9.17, 15) is 5.11 Å². The van der Waals surface area contributed by atoms with Crippen molar-refractivity contribution in [1.82, 2.24) is 19.8 Å². The number of anilines is 1. The van der Waals surface area contributed by atoms with Crippen molar-refractivity contribution in [2.75, 3.05) is 18.0 Å². The van der Waals surface area contributed by atoms with Gasteiger partial charge in [0, 0.05) is 13.1 Å². The molecule has 3 rings (SSSR count). The lowest BCUT2D eigenvalue weighted by Gasteiger charge is -2.15. The van der Waals surface area contributed by atoms with Gasteiger partial charge in [0.05, 0.1) is 6.10 Å². The first-order valence-electron chi connectivity index (χ1n) is 4.93. The third kappa shape index (κ3) is 1.42. The van der Waals surface area contributed by atoms with Crippen LogP contribution in [0.4, 0.5) is 5.82 Å². The molecule has 1 fully saturated rings. The average Bonchev–Trinajstić information content (AvgIpc) is 2.84. The minimum atomic E-state index is -0.233. The number of β-amino-alcohol motifs (C(OH)–C–C–N with tert-alkyl or cyclic N) is 1. The first-order valence-corrected chi connectivity index (χ1v) is 4.93. The Labute approximate surface area is 86.2 Å². The predicted molar refractivity (Wildman–Crippen MR) is 53.6 cm³/mol. The summed E-state index contributed by atoms with van der Waals surface area (Å²) < 4.78 is 1.64. The first kappa shape index (κ1) is 8.60. The molecule has 0 amide bonds. The molecule has 2 aromatic rings. The zero-order valence-electron chi connectivity index (χ0n) is 8.11. The molecule has 0 spiro atoms. The first-order chi connectivity index (χ1) is 7.33. The van der Waals surface area contributed by atoms with Crippen molar-refractivity contribution < 1.29 is 5.11 Å². The van der Waals surface area contributed by atoms with Gasteiger partial charge in [0.1, 0.15) is 12.1 Å². The Morgan fingerprint density at radius 1 is 1.40 bits per heavy atom. The molecule has 2 aromatic heterocycles. The number of rotatable bonds is 1. The van der Waals surface area contributed by atoms with Crippen molar-refractivity contribution in [3.05, 3.63) is 18.5 Å². The van der Waals surface area contributed by atoms with Crippen LogP contribution in [0.1, 0.15) is 6.42 Å². The lowest BCUT2D eigenvalue weighted by Crippen LogP contribution is -2.22. The molecule has 1 N–H and O–H groups in total. The molecule has 1 aliphatic rings. The topological polar surface area (TPSA) is 66.5 Å². The maximum Gasteiger partial charge on any atom is 0.177 e. The maximum atomic E-state index is 9.43. The van der Waals surface area contributed by atoms with Gasteiger partial charge in [-0.25, -0.2) is 0 Å². The highest BCUT2D eigenvalue weighted by Crippen LogP contribution is 2.17. The summed E-state index contributed by atoms with van der Waals surface area (Å²) in [7, 11) is 0. The third-order valence-corrected chi connectivity index (χ3v) is 2.63. The molecule has 1 saturated heterocycles. The Bertz CT molecular complexity index is 482. The van der Waals surface area contributed by atoms with Crippen LogP contribution < -0.4 is 4.90 Å². The van der Waals surface area contributed by atoms with Gasteiger partial charge in [0.2, 0.25) is 0 Å². The van der Waals surface area contributed by atoms with E-state index in [-0.39, 0.29) is 6.10 Å². The standard InChI is InChI=1S/C9H11N5O/c15-7-3-4-13(5-7)9-2-1-8-11-10-6-14(8)12-9/h1-2,6-7,15H,3-5H2/t7-/m0/s1. The third-order valence-electron chi connectivity index (χ3n) is 2.63. The van der Waals surface area contributed by atoms with Gasteiger partial charge in [-0.2, -0.15) is 4.52 Å². The molecule has 1 atom stereocenters. The van der Waals surface area contributed by atoms with E-state index in [2.05, 4.69) is 20.2 Å². The molecule has 0 bridgehead atoms. The second-order valence-corrected chi connectivity index (χ2v) is 3.71. The summed E-state index contributed by atoms with van der Waals surface area (Å²) in [4.78, 5) is 2.06. The van der Waals surface area contributed by atoms with E-state index in [1.165, 1.54) is 0 Å². The summed E-state index contributed by atoms with van der Waals surface area (Å²) in [5.41, 5.74) is 0.735. The number of aliphatic hydroxyl groups is 1. The molecule has 0 saturated carbocycles. The second kappa shape index (κ2) is 3.16. The highest BCUT2D eigenvalue weighted by molar-refractivity contribution is 5.45. The molecule has 0 aromatic carbocycles. The van der Waals surface area contributed by atoms with E-state index in [1.54, 1.807) is 10.8 Å². The zero-order valence-corrected chi connectivity index (χ0v) is 8.11. The average molecular weight is 205 g/mol. The van der Waals surface area contributed by atoms with E-state index < -0.39 is 0 Å². The number of aromatic nitrogens is 4. The smallest absolute Gasteiger partial charge is 0.177 e. The maximum absolute atomic E-state index is 9.43. The fraction of sp³-hybridized carbons (Fsp3) is 0.444. The molecular formula is C9H11N5O. The van der Waals surface area contributed by atoms with Crippen molar-refractivity contribution >= 4 is 11.5 Å². The van der Waals surface area contributed by atoms with Crippen LogP contribution in [-0.2, 0) is 0 Å². The largest absolute Gasteiger partial charge is 0.391 e. The normalized spacial score (nSPS) is 21.4. The summed E-state index contributed by atoms with van der Waals surface area (Å²) in [6, 6.07) is 3.78. The van der Waals surface area contributed by atoms with Gasteiger partial charge in [-0.1, -0.05) is 0 Å². The molecule has 0 unspecified atom stereocenters. The van der Waals surface area contributed by atoms with Crippen molar-refractivity contribution in [3.8, 4) is 0 Å². The van der Waals surface area contributed by atoms with Crippen molar-refractivity contribution in [2.45, 2.75) is 12.5 Å². The SMILES string of the molecule is O[C@H]1CCN(c2ccc3nncn3n2)C1. The Morgan fingerprint density at radius 2 is 2.33 bits per heavy atom. The number of aliphatic hydroxyl groups excluding tert-OH is 1. The van der Waals surface area contributed by atoms with Crippen LogP contribution in [0.25, 0.3) is 5.65 Å². The van der Waals surface area contributed by atoms with E-state index in [0.29, 0.717) is 6.54 Å². The van der Waals surface area contributed by atoms with Crippen LogP contribution in [-0.4, -0.2) is 44.1 Å². The number of hydrogen-bond acceptors (Lipinski definition) is 5. The minimum absolute atomic E-state index is 0.233. The van der Waals surface area contributed by atoms with Gasteiger partial charge in [-0.3, -0.25) is 0 Å². The van der Waals surface area contributed by atoms with Crippen molar-refractivity contribution in [3.63, 3.8) is 0 Å². The van der Waals surface area contributed by atoms with E-state index in [4.69, 9.17) is 0 Å². The van der Waals surface area contributed by atoms with Gasteiger partial charge in [0.25, 0.3) is 0 Å². The minimum Gasteiger partial charge on any atom is -0.391 e. The molecule has 78 valence electrons. The van der Waals surface area contributed by atoms with Crippen LogP contribution in [0.5, 0.6) is 0 Å². The molecule has 0 radical (unpaired) electrons. The second-order valence-electron chi connectivity index (χ2n) is 3.71. The Hall–Kier alpha value is -1.69. The molecule has 0 aliphatic carbocycles. The fourth-order valence-corrected chi connectivity index (χ4v) is 1.84. The highest BCUT2D eigenvalue weighted by Gasteiger charge is 2.21. The molecule has 3 heterocycles. The summed E-state index contributed by atoms with van der Waals surface area (Å²) in [5, 5.41) is 21.4. The number of nitrogens with zero attached hydrogens (tertiary/aromatic N) is 5. The van der Waals surface area contributed by atoms with E-state index >= 15 is 0 Å². The van der Waals surface area contributed by atoms with Gasteiger partial charge in [0.15, 0.2) is 5.65 Å². The van der Waals surface area contributed by atoms with Crippen molar-refractivity contribution in [1.29, 1.82) is 0 Å². The lowest BCUT2D eigenvalue weighted by molar-refractivity contribution is 0.198. The molecular weight excluding hydrogens is 194 g/mol. The van der Waals surface area contributed by atoms with Gasteiger partial charge >= 0.3 is 0 Å². The molecule has 15 heavy (non-hydrogen) atoms. The number of fused-ring (bicyclic) bond motifs is 1. The lowest BCUT2D eigenvalue weighted by atomic mass is 10.3. The predicted octanol–water partition coefficient (Wildman–Crippen LogP) is -0.305. The monoisotopic (exact) mass is 205 g/mol. The Balaban J connectivity index is 1.97. The Morgan fingerprint density at radius 3 is 3.13 bits per heavy atom. The van der Waals surface area contributed by atoms with Gasteiger partial charge < -0.3 is 10.0 Å². The molecule has 6 nitrogen and oxygen atoms in total. The van der Waals surface area contributed by atoms with E-state index in [0.717, 1.165) is 24.4 Å². The molecule has 1 aliphatic heterocycles. The van der Waals surface area contributed by atoms with Gasteiger partial charge in [-0.15, -0.1) is 15.3 Å². The zero-order chi connectivity index (χ0) is 10.3. The van der Waals surface area contributed by atoms with Crippen LogP contribution in [0.3, 0.4) is 0 Å². The van der Waals surface area contributed by atoms with Crippen LogP contribution >= 0.6 is 0 Å². The number of hydrogen-bond donors (Lipinski definition) is 1. The quantitative estimate of drug-likeness (QED) is 0.692. The summed E-state index contributed by atoms with van der Waals surface area (Å²) in [6.07, 6.45) is 2.15. The van der Waals surface area contributed by atoms with Crippen LogP contribution in [0.15, 0.2) is 18.5 Å². The summed E-state index contributed by atoms with van der Waals surface area (Å²) >= 11 is 0. The summed E-state index contributed by atoms with van der Waals surface area (Å²) in [6.45, 7) is 1.50. The van der Waals surface area contributed by atoms with Crippen LogP contribution in [0, 0.1) is 0 Å². The van der Waals surface area contributed by atoms with E-state index in [1.807, 2.05) is 12.1 Å². The van der Waals surface area contributed by atoms with Gasteiger partial charge in [-0.05, 0) is 18.6 Å². The molecule has 6 heteroatoms. The van der Waals surface area contributed by atoms with Crippen molar-refractivity contribution in [2.24, 2.45) is 0 Å². The highest BCUT2D eigenvalue weighted by atomic mass is 16.3. The van der Waals surface area contributed by atoms with Crippen LogP contribution in [0.2, 0.25) is 0 Å².